The van der Waals surface area contributed by atoms with Gasteiger partial charge in [-0.15, -0.1) is 10.2 Å². The molecule has 0 N–H and O–H groups in total. The molecule has 2 aromatic rings. The Balaban J connectivity index is 1.97. The average molecular weight is 243 g/mol. The molecule has 0 fully saturated rings. The zero-order chi connectivity index (χ0) is 12.5. The average Bonchev–Trinajstić information content (AvgIpc) is 2.95. The molecule has 1 aromatic heterocycles. The van der Waals surface area contributed by atoms with Crippen molar-refractivity contribution in [3.8, 4) is 17.1 Å². The van der Waals surface area contributed by atoms with Crippen LogP contribution in [0.4, 0.5) is 0 Å². The summed E-state index contributed by atoms with van der Waals surface area (Å²) in [6.45, 7) is 6.12. The number of ether oxygens (including phenoxy) is 1. The van der Waals surface area contributed by atoms with Gasteiger partial charge in [0.2, 0.25) is 0 Å². The molecule has 0 unspecified atom stereocenters. The third kappa shape index (κ3) is 1.98. The predicted octanol–water partition coefficient (Wildman–Crippen LogP) is 2.54. The van der Waals surface area contributed by atoms with E-state index < -0.39 is 0 Å². The monoisotopic (exact) mass is 243 g/mol. The fourth-order valence-electron chi connectivity index (χ4n) is 2.33. The van der Waals surface area contributed by atoms with Gasteiger partial charge >= 0.3 is 0 Å². The molecule has 0 amide bonds. The van der Waals surface area contributed by atoms with Crippen LogP contribution in [0.3, 0.4) is 0 Å². The van der Waals surface area contributed by atoms with Crippen LogP contribution in [-0.2, 0) is 13.0 Å². The van der Waals surface area contributed by atoms with Crippen LogP contribution in [0.5, 0.6) is 5.75 Å². The highest BCUT2D eigenvalue weighted by Crippen LogP contribution is 2.29. The maximum Gasteiger partial charge on any atom is 0.163 e. The number of hydrogen-bond acceptors (Lipinski definition) is 3. The highest BCUT2D eigenvalue weighted by Gasteiger charge is 2.15. The first kappa shape index (κ1) is 11.3. The Morgan fingerprint density at radius 3 is 3.11 bits per heavy atom. The van der Waals surface area contributed by atoms with Crippen molar-refractivity contribution < 1.29 is 4.74 Å². The number of benzene rings is 1. The summed E-state index contributed by atoms with van der Waals surface area (Å²) in [5, 5.41) is 8.26. The lowest BCUT2D eigenvalue weighted by Gasteiger charge is -2.09. The van der Waals surface area contributed by atoms with E-state index in [0.29, 0.717) is 5.92 Å². The van der Waals surface area contributed by atoms with Crippen molar-refractivity contribution in [2.75, 3.05) is 6.61 Å². The lowest BCUT2D eigenvalue weighted by Crippen LogP contribution is -2.05. The molecule has 94 valence electrons. The van der Waals surface area contributed by atoms with Crippen LogP contribution in [0.15, 0.2) is 24.5 Å². The van der Waals surface area contributed by atoms with Gasteiger partial charge in [0.1, 0.15) is 12.1 Å². The van der Waals surface area contributed by atoms with E-state index in [1.807, 2.05) is 6.07 Å². The fourth-order valence-corrected chi connectivity index (χ4v) is 2.33. The zero-order valence-corrected chi connectivity index (χ0v) is 10.8. The molecule has 1 aliphatic heterocycles. The standard InChI is InChI=1S/C14H17N3O/c1-10(2)8-17-9-15-16-14(17)12-3-4-13-11(7-12)5-6-18-13/h3-4,7,9-10H,5-6,8H2,1-2H3. The second-order valence-corrected chi connectivity index (χ2v) is 5.12. The van der Waals surface area contributed by atoms with Gasteiger partial charge in [-0.1, -0.05) is 13.8 Å². The normalized spacial score (nSPS) is 13.7. The minimum absolute atomic E-state index is 0.581. The molecule has 0 bridgehead atoms. The lowest BCUT2D eigenvalue weighted by atomic mass is 10.1. The molecule has 2 heterocycles. The SMILES string of the molecule is CC(C)Cn1cnnc1-c1ccc2c(c1)CCO2. The Morgan fingerprint density at radius 2 is 2.28 bits per heavy atom. The van der Waals surface area contributed by atoms with Crippen LogP contribution >= 0.6 is 0 Å². The van der Waals surface area contributed by atoms with Gasteiger partial charge in [-0.25, -0.2) is 0 Å². The number of aromatic nitrogens is 3. The largest absolute Gasteiger partial charge is 0.493 e. The summed E-state index contributed by atoms with van der Waals surface area (Å²) in [6, 6.07) is 6.26. The minimum atomic E-state index is 0.581. The summed E-state index contributed by atoms with van der Waals surface area (Å²) in [4.78, 5) is 0. The Labute approximate surface area is 107 Å². The maximum absolute atomic E-state index is 5.52. The van der Waals surface area contributed by atoms with E-state index in [0.717, 1.165) is 36.7 Å². The topological polar surface area (TPSA) is 39.9 Å². The number of nitrogens with zero attached hydrogens (tertiary/aromatic N) is 3. The molecule has 0 saturated carbocycles. The van der Waals surface area contributed by atoms with Crippen LogP contribution in [0.25, 0.3) is 11.4 Å². The Morgan fingerprint density at radius 1 is 1.39 bits per heavy atom. The molecular formula is C14H17N3O. The first-order valence-electron chi connectivity index (χ1n) is 6.38. The third-order valence-electron chi connectivity index (χ3n) is 3.13. The van der Waals surface area contributed by atoms with Gasteiger partial charge in [-0.3, -0.25) is 0 Å². The molecule has 3 rings (SSSR count). The van der Waals surface area contributed by atoms with Crippen molar-refractivity contribution in [2.24, 2.45) is 5.92 Å². The van der Waals surface area contributed by atoms with Crippen LogP contribution in [0.2, 0.25) is 0 Å². The smallest absolute Gasteiger partial charge is 0.163 e. The highest BCUT2D eigenvalue weighted by atomic mass is 16.5. The second kappa shape index (κ2) is 4.44. The van der Waals surface area contributed by atoms with Gasteiger partial charge in [0, 0.05) is 18.5 Å². The first-order chi connectivity index (χ1) is 8.74. The highest BCUT2D eigenvalue weighted by molar-refractivity contribution is 5.59. The molecule has 1 aliphatic rings. The summed E-state index contributed by atoms with van der Waals surface area (Å²) in [6.07, 6.45) is 2.79. The van der Waals surface area contributed by atoms with Crippen molar-refractivity contribution in [2.45, 2.75) is 26.8 Å². The predicted molar refractivity (Wildman–Crippen MR) is 69.5 cm³/mol. The summed E-state index contributed by atoms with van der Waals surface area (Å²) in [7, 11) is 0. The minimum Gasteiger partial charge on any atom is -0.493 e. The summed E-state index contributed by atoms with van der Waals surface area (Å²) in [5.74, 6) is 2.53. The summed E-state index contributed by atoms with van der Waals surface area (Å²) >= 11 is 0. The lowest BCUT2D eigenvalue weighted by molar-refractivity contribution is 0.357. The second-order valence-electron chi connectivity index (χ2n) is 5.12. The fraction of sp³-hybridized carbons (Fsp3) is 0.429. The first-order valence-corrected chi connectivity index (χ1v) is 6.38. The Kier molecular flexibility index (Phi) is 2.78. The summed E-state index contributed by atoms with van der Waals surface area (Å²) < 4.78 is 7.64. The molecular weight excluding hydrogens is 226 g/mol. The molecule has 4 nitrogen and oxygen atoms in total. The van der Waals surface area contributed by atoms with Crippen molar-refractivity contribution in [3.05, 3.63) is 30.1 Å². The molecule has 18 heavy (non-hydrogen) atoms. The third-order valence-corrected chi connectivity index (χ3v) is 3.13. The van der Waals surface area contributed by atoms with E-state index in [-0.39, 0.29) is 0 Å². The Hall–Kier alpha value is -1.84. The van der Waals surface area contributed by atoms with E-state index in [1.54, 1.807) is 6.33 Å². The van der Waals surface area contributed by atoms with Crippen molar-refractivity contribution in [1.82, 2.24) is 14.8 Å². The van der Waals surface area contributed by atoms with E-state index in [9.17, 15) is 0 Å². The number of hydrogen-bond donors (Lipinski definition) is 0. The molecule has 0 radical (unpaired) electrons. The quantitative estimate of drug-likeness (QED) is 0.831. The van der Waals surface area contributed by atoms with E-state index in [4.69, 9.17) is 4.74 Å². The number of fused-ring (bicyclic) bond motifs is 1. The molecule has 0 aliphatic carbocycles. The van der Waals surface area contributed by atoms with Gasteiger partial charge in [0.15, 0.2) is 5.82 Å². The summed E-state index contributed by atoms with van der Waals surface area (Å²) in [5.41, 5.74) is 2.39. The Bertz CT molecular complexity index is 560. The van der Waals surface area contributed by atoms with Crippen LogP contribution in [0, 0.1) is 5.92 Å². The van der Waals surface area contributed by atoms with Crippen LogP contribution in [0.1, 0.15) is 19.4 Å². The van der Waals surface area contributed by atoms with E-state index >= 15 is 0 Å². The van der Waals surface area contributed by atoms with Gasteiger partial charge in [-0.05, 0) is 29.7 Å². The van der Waals surface area contributed by atoms with Crippen molar-refractivity contribution in [3.63, 3.8) is 0 Å². The van der Waals surface area contributed by atoms with Crippen LogP contribution in [-0.4, -0.2) is 21.4 Å². The number of rotatable bonds is 3. The zero-order valence-electron chi connectivity index (χ0n) is 10.8. The van der Waals surface area contributed by atoms with Gasteiger partial charge < -0.3 is 9.30 Å². The molecule has 1 aromatic carbocycles. The molecule has 0 spiro atoms. The van der Waals surface area contributed by atoms with Crippen molar-refractivity contribution >= 4 is 0 Å². The van der Waals surface area contributed by atoms with Gasteiger partial charge in [-0.2, -0.15) is 0 Å². The van der Waals surface area contributed by atoms with E-state index in [2.05, 4.69) is 40.7 Å². The molecule has 4 heteroatoms. The van der Waals surface area contributed by atoms with Crippen molar-refractivity contribution in [1.29, 1.82) is 0 Å². The van der Waals surface area contributed by atoms with Crippen LogP contribution < -0.4 is 4.74 Å². The van der Waals surface area contributed by atoms with Gasteiger partial charge in [0.25, 0.3) is 0 Å². The molecule has 0 saturated heterocycles. The molecule has 0 atom stereocenters. The maximum atomic E-state index is 5.52. The van der Waals surface area contributed by atoms with Gasteiger partial charge in [0.05, 0.1) is 6.61 Å². The van der Waals surface area contributed by atoms with E-state index in [1.165, 1.54) is 5.56 Å².